The van der Waals surface area contributed by atoms with E-state index < -0.39 is 0 Å². The van der Waals surface area contributed by atoms with Gasteiger partial charge in [-0.25, -0.2) is 0 Å². The standard InChI is InChI=1S/C9H20N2/c1-5-11(4)8-6-9(2,3)10-7-8/h8,10H,5-7H2,1-4H3. The third kappa shape index (κ3) is 2.17. The Labute approximate surface area is 70.0 Å². The Morgan fingerprint density at radius 1 is 1.55 bits per heavy atom. The molecular weight excluding hydrogens is 136 g/mol. The summed E-state index contributed by atoms with van der Waals surface area (Å²) in [6.45, 7) is 9.07. The fourth-order valence-corrected chi connectivity index (χ4v) is 1.70. The van der Waals surface area contributed by atoms with Crippen LogP contribution in [-0.2, 0) is 0 Å². The SMILES string of the molecule is CCN(C)C1CNC(C)(C)C1. The molecule has 1 N–H and O–H groups in total. The summed E-state index contributed by atoms with van der Waals surface area (Å²) in [5.74, 6) is 0. The van der Waals surface area contributed by atoms with E-state index in [1.165, 1.54) is 6.42 Å². The van der Waals surface area contributed by atoms with Crippen LogP contribution in [0.5, 0.6) is 0 Å². The molecule has 0 aromatic heterocycles. The minimum absolute atomic E-state index is 0.355. The summed E-state index contributed by atoms with van der Waals surface area (Å²) in [4.78, 5) is 2.42. The van der Waals surface area contributed by atoms with Crippen molar-refractivity contribution in [2.75, 3.05) is 20.1 Å². The molecule has 1 heterocycles. The fourth-order valence-electron chi connectivity index (χ4n) is 1.70. The van der Waals surface area contributed by atoms with Crippen LogP contribution in [0.15, 0.2) is 0 Å². The van der Waals surface area contributed by atoms with Gasteiger partial charge in [0.05, 0.1) is 0 Å². The van der Waals surface area contributed by atoms with Gasteiger partial charge in [0.1, 0.15) is 0 Å². The highest BCUT2D eigenvalue weighted by Crippen LogP contribution is 2.20. The molecule has 1 atom stereocenters. The molecular formula is C9H20N2. The summed E-state index contributed by atoms with van der Waals surface area (Å²) in [6, 6.07) is 0.745. The Bertz CT molecular complexity index is 132. The van der Waals surface area contributed by atoms with Crippen LogP contribution in [-0.4, -0.2) is 36.6 Å². The first-order chi connectivity index (χ1) is 5.05. The van der Waals surface area contributed by atoms with Gasteiger partial charge in [-0.3, -0.25) is 0 Å². The van der Waals surface area contributed by atoms with Crippen molar-refractivity contribution in [1.29, 1.82) is 0 Å². The van der Waals surface area contributed by atoms with Crippen molar-refractivity contribution in [2.24, 2.45) is 0 Å². The Morgan fingerprint density at radius 2 is 2.18 bits per heavy atom. The number of nitrogens with zero attached hydrogens (tertiary/aromatic N) is 1. The zero-order valence-electron chi connectivity index (χ0n) is 8.15. The van der Waals surface area contributed by atoms with E-state index in [1.807, 2.05) is 0 Å². The highest BCUT2D eigenvalue weighted by Gasteiger charge is 2.31. The van der Waals surface area contributed by atoms with Gasteiger partial charge in [0, 0.05) is 18.1 Å². The summed E-state index contributed by atoms with van der Waals surface area (Å²) in [5, 5.41) is 3.52. The highest BCUT2D eigenvalue weighted by atomic mass is 15.2. The molecule has 1 saturated heterocycles. The van der Waals surface area contributed by atoms with Crippen LogP contribution in [0, 0.1) is 0 Å². The van der Waals surface area contributed by atoms with E-state index in [9.17, 15) is 0 Å². The number of likely N-dealkylation sites (N-methyl/N-ethyl adjacent to an activating group) is 1. The van der Waals surface area contributed by atoms with E-state index in [0.717, 1.165) is 19.1 Å². The second-order valence-corrected chi connectivity index (χ2v) is 4.20. The Balaban J connectivity index is 2.41. The van der Waals surface area contributed by atoms with E-state index in [1.54, 1.807) is 0 Å². The van der Waals surface area contributed by atoms with Crippen molar-refractivity contribution in [3.63, 3.8) is 0 Å². The summed E-state index contributed by atoms with van der Waals surface area (Å²) < 4.78 is 0. The molecule has 11 heavy (non-hydrogen) atoms. The van der Waals surface area contributed by atoms with Crippen LogP contribution in [0.1, 0.15) is 27.2 Å². The molecule has 1 unspecified atom stereocenters. The maximum absolute atomic E-state index is 3.52. The van der Waals surface area contributed by atoms with Gasteiger partial charge in [-0.05, 0) is 33.9 Å². The topological polar surface area (TPSA) is 15.3 Å². The first kappa shape index (κ1) is 9.01. The van der Waals surface area contributed by atoms with Crippen LogP contribution in [0.3, 0.4) is 0 Å². The van der Waals surface area contributed by atoms with Crippen LogP contribution < -0.4 is 5.32 Å². The first-order valence-electron chi connectivity index (χ1n) is 4.50. The van der Waals surface area contributed by atoms with Crippen molar-refractivity contribution >= 4 is 0 Å². The van der Waals surface area contributed by atoms with E-state index >= 15 is 0 Å². The molecule has 0 bridgehead atoms. The lowest BCUT2D eigenvalue weighted by Crippen LogP contribution is -2.32. The molecule has 0 saturated carbocycles. The smallest absolute Gasteiger partial charge is 0.0234 e. The van der Waals surface area contributed by atoms with Crippen LogP contribution in [0.2, 0.25) is 0 Å². The molecule has 2 nitrogen and oxygen atoms in total. The van der Waals surface area contributed by atoms with Crippen molar-refractivity contribution in [1.82, 2.24) is 10.2 Å². The van der Waals surface area contributed by atoms with Crippen LogP contribution in [0.25, 0.3) is 0 Å². The number of nitrogens with one attached hydrogen (secondary N) is 1. The summed E-state index contributed by atoms with van der Waals surface area (Å²) in [5.41, 5.74) is 0.355. The van der Waals surface area contributed by atoms with Crippen molar-refractivity contribution < 1.29 is 0 Å². The quantitative estimate of drug-likeness (QED) is 0.643. The lowest BCUT2D eigenvalue weighted by Gasteiger charge is -2.23. The van der Waals surface area contributed by atoms with Crippen molar-refractivity contribution in [2.45, 2.75) is 38.8 Å². The third-order valence-corrected chi connectivity index (χ3v) is 2.68. The van der Waals surface area contributed by atoms with E-state index in [-0.39, 0.29) is 0 Å². The largest absolute Gasteiger partial charge is 0.310 e. The molecule has 1 aliphatic heterocycles. The van der Waals surface area contributed by atoms with Crippen molar-refractivity contribution in [3.05, 3.63) is 0 Å². The first-order valence-corrected chi connectivity index (χ1v) is 4.50. The molecule has 1 fully saturated rings. The number of hydrogen-bond donors (Lipinski definition) is 1. The van der Waals surface area contributed by atoms with Crippen LogP contribution >= 0.6 is 0 Å². The van der Waals surface area contributed by atoms with E-state index in [2.05, 4.69) is 38.0 Å². The molecule has 1 rings (SSSR count). The maximum atomic E-state index is 3.52. The molecule has 66 valence electrons. The van der Waals surface area contributed by atoms with Gasteiger partial charge in [-0.1, -0.05) is 6.92 Å². The molecule has 0 aromatic rings. The Kier molecular flexibility index (Phi) is 2.55. The van der Waals surface area contributed by atoms with Gasteiger partial charge in [0.25, 0.3) is 0 Å². The average Bonchev–Trinajstić information content (AvgIpc) is 2.29. The van der Waals surface area contributed by atoms with Gasteiger partial charge >= 0.3 is 0 Å². The molecule has 2 heteroatoms. The Hall–Kier alpha value is -0.0800. The second-order valence-electron chi connectivity index (χ2n) is 4.20. The Morgan fingerprint density at radius 3 is 2.55 bits per heavy atom. The molecule has 0 spiro atoms. The normalized spacial score (nSPS) is 29.7. The monoisotopic (exact) mass is 156 g/mol. The van der Waals surface area contributed by atoms with Crippen LogP contribution in [0.4, 0.5) is 0 Å². The number of hydrogen-bond acceptors (Lipinski definition) is 2. The van der Waals surface area contributed by atoms with Gasteiger partial charge in [0.2, 0.25) is 0 Å². The minimum Gasteiger partial charge on any atom is -0.310 e. The van der Waals surface area contributed by atoms with E-state index in [4.69, 9.17) is 0 Å². The average molecular weight is 156 g/mol. The molecule has 0 aromatic carbocycles. The molecule has 0 aliphatic carbocycles. The summed E-state index contributed by atoms with van der Waals surface area (Å²) >= 11 is 0. The van der Waals surface area contributed by atoms with Crippen molar-refractivity contribution in [3.8, 4) is 0 Å². The lowest BCUT2D eigenvalue weighted by molar-refractivity contribution is 0.261. The molecule has 1 aliphatic rings. The lowest BCUT2D eigenvalue weighted by atomic mass is 10.0. The zero-order chi connectivity index (χ0) is 8.48. The summed E-state index contributed by atoms with van der Waals surface area (Å²) in [6.07, 6.45) is 1.28. The molecule has 0 amide bonds. The van der Waals surface area contributed by atoms with Gasteiger partial charge in [-0.15, -0.1) is 0 Å². The summed E-state index contributed by atoms with van der Waals surface area (Å²) in [7, 11) is 2.20. The minimum atomic E-state index is 0.355. The second kappa shape index (κ2) is 3.11. The van der Waals surface area contributed by atoms with E-state index in [0.29, 0.717) is 5.54 Å². The predicted octanol–water partition coefficient (Wildman–Crippen LogP) is 1.08. The maximum Gasteiger partial charge on any atom is 0.0234 e. The zero-order valence-corrected chi connectivity index (χ0v) is 8.15. The van der Waals surface area contributed by atoms with Gasteiger partial charge in [-0.2, -0.15) is 0 Å². The highest BCUT2D eigenvalue weighted by molar-refractivity contribution is 4.93. The molecule has 0 radical (unpaired) electrons. The third-order valence-electron chi connectivity index (χ3n) is 2.68. The van der Waals surface area contributed by atoms with Gasteiger partial charge in [0.15, 0.2) is 0 Å². The fraction of sp³-hybridized carbons (Fsp3) is 1.00. The predicted molar refractivity (Wildman–Crippen MR) is 48.8 cm³/mol. The van der Waals surface area contributed by atoms with Gasteiger partial charge < -0.3 is 10.2 Å². The number of rotatable bonds is 2.